The molecule has 0 fully saturated rings. The molecule has 0 aliphatic heterocycles. The third-order valence-corrected chi connectivity index (χ3v) is 5.38. The molecule has 28 heavy (non-hydrogen) atoms. The fraction of sp³-hybridized carbons (Fsp3) is 0.250. The van der Waals surface area contributed by atoms with Crippen molar-refractivity contribution in [2.75, 3.05) is 13.7 Å². The number of thioether (sulfide) groups is 1. The van der Waals surface area contributed by atoms with Crippen LogP contribution in [-0.4, -0.2) is 34.3 Å². The molecule has 0 bridgehead atoms. The summed E-state index contributed by atoms with van der Waals surface area (Å²) in [7, 11) is 1.64. The lowest BCUT2D eigenvalue weighted by Crippen LogP contribution is -2.05. The highest BCUT2D eigenvalue weighted by molar-refractivity contribution is 7.98. The van der Waals surface area contributed by atoms with E-state index in [2.05, 4.69) is 10.2 Å². The maximum atomic E-state index is 12.0. The van der Waals surface area contributed by atoms with Crippen LogP contribution in [-0.2, 0) is 10.5 Å². The number of esters is 1. The van der Waals surface area contributed by atoms with Gasteiger partial charge in [-0.25, -0.2) is 4.79 Å². The van der Waals surface area contributed by atoms with Crippen molar-refractivity contribution in [1.82, 2.24) is 14.6 Å². The largest absolute Gasteiger partial charge is 0.497 e. The van der Waals surface area contributed by atoms with Crippen LogP contribution in [0.5, 0.6) is 5.75 Å². The van der Waals surface area contributed by atoms with Gasteiger partial charge in [0.25, 0.3) is 0 Å². The van der Waals surface area contributed by atoms with Crippen molar-refractivity contribution in [1.29, 1.82) is 0 Å². The van der Waals surface area contributed by atoms with Crippen molar-refractivity contribution in [3.63, 3.8) is 0 Å². The van der Waals surface area contributed by atoms with E-state index in [1.165, 1.54) is 18.0 Å². The number of carbonyl (C=O) groups is 1. The minimum Gasteiger partial charge on any atom is -0.497 e. The SMILES string of the molecule is CCOC(=O)c1ccoc1CSc1nnc2cc(C)c3ccc(OC)cc3n12. The lowest BCUT2D eigenvalue weighted by Gasteiger charge is -2.09. The lowest BCUT2D eigenvalue weighted by molar-refractivity contribution is 0.0524. The monoisotopic (exact) mass is 397 g/mol. The highest BCUT2D eigenvalue weighted by Crippen LogP contribution is 2.30. The number of carbonyl (C=O) groups excluding carboxylic acids is 1. The van der Waals surface area contributed by atoms with Crippen LogP contribution in [0.1, 0.15) is 28.6 Å². The normalized spacial score (nSPS) is 11.2. The Morgan fingerprint density at radius 3 is 2.89 bits per heavy atom. The zero-order valence-electron chi connectivity index (χ0n) is 15.8. The second kappa shape index (κ2) is 7.55. The third-order valence-electron chi connectivity index (χ3n) is 4.45. The molecule has 0 spiro atoms. The summed E-state index contributed by atoms with van der Waals surface area (Å²) in [4.78, 5) is 12.0. The molecule has 0 amide bonds. The second-order valence-corrected chi connectivity index (χ2v) is 7.10. The summed E-state index contributed by atoms with van der Waals surface area (Å²) in [6.45, 7) is 4.14. The maximum absolute atomic E-state index is 12.0. The topological polar surface area (TPSA) is 78.9 Å². The number of hydrogen-bond donors (Lipinski definition) is 0. The van der Waals surface area contributed by atoms with E-state index in [0.717, 1.165) is 27.9 Å². The van der Waals surface area contributed by atoms with Crippen molar-refractivity contribution in [2.45, 2.75) is 24.8 Å². The number of fused-ring (bicyclic) bond motifs is 3. The summed E-state index contributed by atoms with van der Waals surface area (Å²) >= 11 is 1.45. The van der Waals surface area contributed by atoms with E-state index < -0.39 is 0 Å². The number of aromatic nitrogens is 3. The Morgan fingerprint density at radius 2 is 2.11 bits per heavy atom. The van der Waals surface area contributed by atoms with Gasteiger partial charge in [-0.1, -0.05) is 11.8 Å². The van der Waals surface area contributed by atoms with Gasteiger partial charge in [0, 0.05) is 11.5 Å². The number of rotatable bonds is 6. The van der Waals surface area contributed by atoms with Crippen molar-refractivity contribution >= 4 is 34.3 Å². The first-order valence-corrected chi connectivity index (χ1v) is 9.79. The number of aryl methyl sites for hydroxylation is 1. The predicted molar refractivity (Wildman–Crippen MR) is 106 cm³/mol. The van der Waals surface area contributed by atoms with E-state index in [0.29, 0.717) is 28.8 Å². The molecule has 3 aromatic heterocycles. The van der Waals surface area contributed by atoms with Crippen LogP contribution in [0.15, 0.2) is 46.2 Å². The van der Waals surface area contributed by atoms with Gasteiger partial charge in [-0.3, -0.25) is 4.40 Å². The summed E-state index contributed by atoms with van der Waals surface area (Å²) < 4.78 is 17.9. The first-order valence-electron chi connectivity index (χ1n) is 8.81. The molecule has 1 aromatic carbocycles. The van der Waals surface area contributed by atoms with Crippen LogP contribution >= 0.6 is 11.8 Å². The molecular formula is C20H19N3O4S. The Labute approximate surface area is 165 Å². The van der Waals surface area contributed by atoms with Crippen LogP contribution < -0.4 is 4.74 Å². The van der Waals surface area contributed by atoms with Crippen LogP contribution in [0.3, 0.4) is 0 Å². The molecule has 0 saturated carbocycles. The van der Waals surface area contributed by atoms with Gasteiger partial charge >= 0.3 is 5.97 Å². The highest BCUT2D eigenvalue weighted by atomic mass is 32.2. The summed E-state index contributed by atoms with van der Waals surface area (Å²) in [6.07, 6.45) is 1.49. The van der Waals surface area contributed by atoms with Crippen LogP contribution in [0.25, 0.3) is 16.6 Å². The minimum absolute atomic E-state index is 0.318. The number of nitrogens with zero attached hydrogens (tertiary/aromatic N) is 3. The van der Waals surface area contributed by atoms with Gasteiger partial charge in [0.1, 0.15) is 17.1 Å². The molecular weight excluding hydrogens is 378 g/mol. The average molecular weight is 397 g/mol. The smallest absolute Gasteiger partial charge is 0.341 e. The molecule has 0 aliphatic carbocycles. The molecule has 0 atom stereocenters. The standard InChI is InChI=1S/C20H19N3O4S/c1-4-26-19(24)15-7-8-27-17(15)11-28-20-22-21-18-9-12(2)14-6-5-13(25-3)10-16(14)23(18)20/h5-10H,4,11H2,1-3H3. The third kappa shape index (κ3) is 3.20. The molecule has 0 saturated heterocycles. The van der Waals surface area contributed by atoms with Gasteiger partial charge in [0.05, 0.1) is 31.2 Å². The Balaban J connectivity index is 1.72. The molecule has 0 radical (unpaired) electrons. The van der Waals surface area contributed by atoms with Crippen LogP contribution in [0, 0.1) is 6.92 Å². The van der Waals surface area contributed by atoms with E-state index in [-0.39, 0.29) is 5.97 Å². The molecule has 4 aromatic rings. The zero-order chi connectivity index (χ0) is 19.7. The predicted octanol–water partition coefficient (Wildman–Crippen LogP) is 4.26. The summed E-state index contributed by atoms with van der Waals surface area (Å²) in [5.74, 6) is 1.36. The Hall–Kier alpha value is -3.00. The maximum Gasteiger partial charge on any atom is 0.341 e. The zero-order valence-corrected chi connectivity index (χ0v) is 16.6. The first kappa shape index (κ1) is 18.4. The van der Waals surface area contributed by atoms with E-state index in [4.69, 9.17) is 13.9 Å². The molecule has 4 rings (SSSR count). The quantitative estimate of drug-likeness (QED) is 0.355. The van der Waals surface area contributed by atoms with Crippen molar-refractivity contribution in [3.8, 4) is 5.75 Å². The summed E-state index contributed by atoms with van der Waals surface area (Å²) in [5.41, 5.74) is 3.27. The van der Waals surface area contributed by atoms with Crippen LogP contribution in [0.2, 0.25) is 0 Å². The fourth-order valence-electron chi connectivity index (χ4n) is 3.10. The number of pyridine rings is 1. The van der Waals surface area contributed by atoms with Crippen molar-refractivity contribution in [2.24, 2.45) is 0 Å². The Bertz CT molecular complexity index is 1170. The molecule has 8 heteroatoms. The molecule has 3 heterocycles. The number of furan rings is 1. The van der Waals surface area contributed by atoms with Crippen LogP contribution in [0.4, 0.5) is 0 Å². The van der Waals surface area contributed by atoms with E-state index in [1.54, 1.807) is 20.1 Å². The van der Waals surface area contributed by atoms with E-state index in [9.17, 15) is 4.79 Å². The van der Waals surface area contributed by atoms with E-state index >= 15 is 0 Å². The minimum atomic E-state index is -0.385. The molecule has 0 N–H and O–H groups in total. The molecule has 0 unspecified atom stereocenters. The molecule has 144 valence electrons. The first-order chi connectivity index (χ1) is 13.6. The highest BCUT2D eigenvalue weighted by Gasteiger charge is 2.18. The average Bonchev–Trinajstić information content (AvgIpc) is 3.33. The summed E-state index contributed by atoms with van der Waals surface area (Å²) in [5, 5.41) is 10.4. The Morgan fingerprint density at radius 1 is 1.25 bits per heavy atom. The number of benzene rings is 1. The fourth-order valence-corrected chi connectivity index (χ4v) is 4.00. The number of methoxy groups -OCH3 is 1. The van der Waals surface area contributed by atoms with Gasteiger partial charge in [0.15, 0.2) is 10.8 Å². The Kier molecular flexibility index (Phi) is 4.95. The molecule has 7 nitrogen and oxygen atoms in total. The van der Waals surface area contributed by atoms with Gasteiger partial charge in [-0.2, -0.15) is 0 Å². The summed E-state index contributed by atoms with van der Waals surface area (Å²) in [6, 6.07) is 9.57. The van der Waals surface area contributed by atoms with Gasteiger partial charge < -0.3 is 13.9 Å². The van der Waals surface area contributed by atoms with Gasteiger partial charge in [-0.05, 0) is 43.7 Å². The number of ether oxygens (including phenoxy) is 2. The van der Waals surface area contributed by atoms with Gasteiger partial charge in [0.2, 0.25) is 0 Å². The lowest BCUT2D eigenvalue weighted by atomic mass is 10.1. The number of hydrogen-bond acceptors (Lipinski definition) is 7. The van der Waals surface area contributed by atoms with Crippen molar-refractivity contribution in [3.05, 3.63) is 53.5 Å². The van der Waals surface area contributed by atoms with Gasteiger partial charge in [-0.15, -0.1) is 10.2 Å². The molecule has 0 aliphatic rings. The second-order valence-electron chi connectivity index (χ2n) is 6.15. The van der Waals surface area contributed by atoms with E-state index in [1.807, 2.05) is 35.6 Å². The van der Waals surface area contributed by atoms with Crippen molar-refractivity contribution < 1.29 is 18.7 Å².